The molecule has 1 aromatic carbocycles. The molecule has 0 aliphatic rings. The number of halogens is 3. The fourth-order valence-corrected chi connectivity index (χ4v) is 1.64. The van der Waals surface area contributed by atoms with Crippen molar-refractivity contribution >= 4 is 40.7 Å². The molecular formula is C8H6Cl3NO. The van der Waals surface area contributed by atoms with Gasteiger partial charge in [-0.25, -0.2) is 0 Å². The Hall–Kier alpha value is -0.440. The standard InChI is InChI=1S/C8H6Cl3NO/c9-5-1-4(2-7(12)13)8(11)6(10)3-5/h1,3H,2H2,(H2,12,13). The maximum absolute atomic E-state index is 10.6. The highest BCUT2D eigenvalue weighted by Crippen LogP contribution is 2.29. The summed E-state index contributed by atoms with van der Waals surface area (Å²) in [6, 6.07) is 3.08. The van der Waals surface area contributed by atoms with E-state index in [1.165, 1.54) is 6.07 Å². The Labute approximate surface area is 90.6 Å². The lowest BCUT2D eigenvalue weighted by Crippen LogP contribution is -2.13. The van der Waals surface area contributed by atoms with Crippen LogP contribution in [0.4, 0.5) is 0 Å². The summed E-state index contributed by atoms with van der Waals surface area (Å²) < 4.78 is 0. The van der Waals surface area contributed by atoms with E-state index in [0.717, 1.165) is 0 Å². The fraction of sp³-hybridized carbons (Fsp3) is 0.125. The molecule has 0 aliphatic heterocycles. The summed E-state index contributed by atoms with van der Waals surface area (Å²) in [5, 5.41) is 1.08. The van der Waals surface area contributed by atoms with Gasteiger partial charge in [0.2, 0.25) is 5.91 Å². The molecule has 2 N–H and O–H groups in total. The summed E-state index contributed by atoms with van der Waals surface area (Å²) in [7, 11) is 0. The second kappa shape index (κ2) is 4.18. The van der Waals surface area contributed by atoms with Crippen molar-refractivity contribution in [2.45, 2.75) is 6.42 Å². The number of nitrogens with two attached hydrogens (primary N) is 1. The van der Waals surface area contributed by atoms with E-state index in [2.05, 4.69) is 0 Å². The average molecular weight is 239 g/mol. The first-order valence-corrected chi connectivity index (χ1v) is 4.56. The van der Waals surface area contributed by atoms with Crippen molar-refractivity contribution < 1.29 is 4.79 Å². The predicted molar refractivity (Wildman–Crippen MR) is 54.4 cm³/mol. The number of benzene rings is 1. The molecule has 0 saturated carbocycles. The maximum Gasteiger partial charge on any atom is 0.221 e. The van der Waals surface area contributed by atoms with Crippen molar-refractivity contribution in [1.82, 2.24) is 0 Å². The Morgan fingerprint density at radius 3 is 2.46 bits per heavy atom. The molecule has 0 aromatic heterocycles. The van der Waals surface area contributed by atoms with Gasteiger partial charge in [-0.1, -0.05) is 34.8 Å². The quantitative estimate of drug-likeness (QED) is 0.791. The van der Waals surface area contributed by atoms with Crippen molar-refractivity contribution in [2.75, 3.05) is 0 Å². The Morgan fingerprint density at radius 1 is 1.31 bits per heavy atom. The molecule has 5 heteroatoms. The van der Waals surface area contributed by atoms with Crippen LogP contribution < -0.4 is 5.73 Å². The molecule has 0 atom stereocenters. The van der Waals surface area contributed by atoms with Gasteiger partial charge in [-0.15, -0.1) is 0 Å². The second-order valence-electron chi connectivity index (χ2n) is 2.50. The average Bonchev–Trinajstić information content (AvgIpc) is 1.98. The molecule has 1 rings (SSSR count). The zero-order chi connectivity index (χ0) is 10.0. The zero-order valence-corrected chi connectivity index (χ0v) is 8.75. The molecule has 70 valence electrons. The van der Waals surface area contributed by atoms with E-state index in [4.69, 9.17) is 40.5 Å². The van der Waals surface area contributed by atoms with Gasteiger partial charge in [0, 0.05) is 5.02 Å². The van der Waals surface area contributed by atoms with Gasteiger partial charge in [0.15, 0.2) is 0 Å². The highest BCUT2D eigenvalue weighted by molar-refractivity contribution is 6.43. The Balaban J connectivity index is 3.12. The van der Waals surface area contributed by atoms with E-state index in [-0.39, 0.29) is 6.42 Å². The Morgan fingerprint density at radius 2 is 1.92 bits per heavy atom. The number of hydrogen-bond acceptors (Lipinski definition) is 1. The lowest BCUT2D eigenvalue weighted by molar-refractivity contribution is -0.117. The minimum absolute atomic E-state index is 0.0408. The van der Waals surface area contributed by atoms with E-state index in [0.29, 0.717) is 20.6 Å². The van der Waals surface area contributed by atoms with Gasteiger partial charge in [-0.05, 0) is 17.7 Å². The fourth-order valence-electron chi connectivity index (χ4n) is 0.926. The second-order valence-corrected chi connectivity index (χ2v) is 3.73. The predicted octanol–water partition coefficient (Wildman–Crippen LogP) is 2.67. The van der Waals surface area contributed by atoms with Crippen molar-refractivity contribution in [1.29, 1.82) is 0 Å². The lowest BCUT2D eigenvalue weighted by Gasteiger charge is -2.04. The number of rotatable bonds is 2. The van der Waals surface area contributed by atoms with Crippen LogP contribution in [-0.4, -0.2) is 5.91 Å². The Bertz CT molecular complexity index is 351. The van der Waals surface area contributed by atoms with Gasteiger partial charge in [0.25, 0.3) is 0 Å². The summed E-state index contributed by atoms with van der Waals surface area (Å²) in [6.45, 7) is 0. The van der Waals surface area contributed by atoms with Crippen LogP contribution in [-0.2, 0) is 11.2 Å². The highest BCUT2D eigenvalue weighted by Gasteiger charge is 2.08. The molecule has 0 radical (unpaired) electrons. The number of amides is 1. The van der Waals surface area contributed by atoms with Gasteiger partial charge >= 0.3 is 0 Å². The monoisotopic (exact) mass is 237 g/mol. The molecule has 0 fully saturated rings. The molecule has 0 saturated heterocycles. The highest BCUT2D eigenvalue weighted by atomic mass is 35.5. The summed E-state index contributed by atoms with van der Waals surface area (Å²) in [4.78, 5) is 10.6. The first kappa shape index (κ1) is 10.6. The summed E-state index contributed by atoms with van der Waals surface area (Å²) >= 11 is 17.3. The normalized spacial score (nSPS) is 10.1. The van der Waals surface area contributed by atoms with Crippen LogP contribution in [0, 0.1) is 0 Å². The minimum Gasteiger partial charge on any atom is -0.369 e. The van der Waals surface area contributed by atoms with Crippen molar-refractivity contribution in [2.24, 2.45) is 5.73 Å². The van der Waals surface area contributed by atoms with Crippen LogP contribution in [0.25, 0.3) is 0 Å². The molecule has 1 amide bonds. The van der Waals surface area contributed by atoms with E-state index in [9.17, 15) is 4.79 Å². The number of primary amides is 1. The third kappa shape index (κ3) is 2.76. The van der Waals surface area contributed by atoms with Crippen LogP contribution in [0.3, 0.4) is 0 Å². The molecule has 13 heavy (non-hydrogen) atoms. The van der Waals surface area contributed by atoms with E-state index < -0.39 is 5.91 Å². The maximum atomic E-state index is 10.6. The summed E-state index contributed by atoms with van der Waals surface area (Å²) in [5.74, 6) is -0.472. The molecule has 2 nitrogen and oxygen atoms in total. The molecule has 0 unspecified atom stereocenters. The van der Waals surface area contributed by atoms with E-state index in [1.807, 2.05) is 0 Å². The van der Waals surface area contributed by atoms with Crippen LogP contribution in [0.1, 0.15) is 5.56 Å². The molecule has 1 aromatic rings. The smallest absolute Gasteiger partial charge is 0.221 e. The zero-order valence-electron chi connectivity index (χ0n) is 6.48. The number of carbonyl (C=O) groups excluding carboxylic acids is 1. The third-order valence-electron chi connectivity index (χ3n) is 1.43. The third-order valence-corrected chi connectivity index (χ3v) is 2.49. The first-order valence-electron chi connectivity index (χ1n) is 3.42. The van der Waals surface area contributed by atoms with Gasteiger partial charge in [-0.3, -0.25) is 4.79 Å². The van der Waals surface area contributed by atoms with E-state index in [1.54, 1.807) is 6.07 Å². The minimum atomic E-state index is -0.472. The van der Waals surface area contributed by atoms with Gasteiger partial charge in [0.05, 0.1) is 16.5 Å². The van der Waals surface area contributed by atoms with Crippen molar-refractivity contribution in [3.8, 4) is 0 Å². The summed E-state index contributed by atoms with van der Waals surface area (Å²) in [5.41, 5.74) is 5.56. The number of hydrogen-bond donors (Lipinski definition) is 1. The van der Waals surface area contributed by atoms with Crippen molar-refractivity contribution in [3.05, 3.63) is 32.8 Å². The Kier molecular flexibility index (Phi) is 3.42. The van der Waals surface area contributed by atoms with Crippen LogP contribution in [0.15, 0.2) is 12.1 Å². The van der Waals surface area contributed by atoms with Crippen molar-refractivity contribution in [3.63, 3.8) is 0 Å². The van der Waals surface area contributed by atoms with E-state index >= 15 is 0 Å². The molecule has 0 bridgehead atoms. The van der Waals surface area contributed by atoms with Crippen LogP contribution in [0.2, 0.25) is 15.1 Å². The summed E-state index contributed by atoms with van der Waals surface area (Å²) in [6.07, 6.45) is 0.0408. The van der Waals surface area contributed by atoms with Crippen LogP contribution in [0.5, 0.6) is 0 Å². The van der Waals surface area contributed by atoms with Gasteiger partial charge < -0.3 is 5.73 Å². The first-order chi connectivity index (χ1) is 6.00. The van der Waals surface area contributed by atoms with Gasteiger partial charge in [-0.2, -0.15) is 0 Å². The lowest BCUT2D eigenvalue weighted by atomic mass is 10.1. The topological polar surface area (TPSA) is 43.1 Å². The molecular weight excluding hydrogens is 232 g/mol. The number of carbonyl (C=O) groups is 1. The van der Waals surface area contributed by atoms with Gasteiger partial charge in [0.1, 0.15) is 0 Å². The molecule has 0 heterocycles. The SMILES string of the molecule is NC(=O)Cc1cc(Cl)cc(Cl)c1Cl. The molecule has 0 spiro atoms. The van der Waals surface area contributed by atoms with Crippen LogP contribution >= 0.6 is 34.8 Å². The largest absolute Gasteiger partial charge is 0.369 e. The molecule has 0 aliphatic carbocycles.